The molecule has 4 nitrogen and oxygen atoms in total. The van der Waals surface area contributed by atoms with Crippen LogP contribution in [0.3, 0.4) is 0 Å². The zero-order valence-electron chi connectivity index (χ0n) is 13.7. The number of rotatable bonds is 4. The Bertz CT molecular complexity index is 656. The predicted octanol–water partition coefficient (Wildman–Crippen LogP) is 4.10. The molecule has 1 aromatic rings. The molecule has 126 valence electrons. The molecule has 1 fully saturated rings. The second kappa shape index (κ2) is 8.20. The fraction of sp³-hybridized carbons (Fsp3) is 0.368. The topological polar surface area (TPSA) is 41.9 Å². The van der Waals surface area contributed by atoms with E-state index in [9.17, 15) is 4.79 Å². The summed E-state index contributed by atoms with van der Waals surface area (Å²) >= 11 is 1.49. The van der Waals surface area contributed by atoms with Crippen molar-refractivity contribution in [1.29, 1.82) is 0 Å². The minimum absolute atomic E-state index is 0.133. The van der Waals surface area contributed by atoms with Crippen LogP contribution in [-0.4, -0.2) is 35.7 Å². The van der Waals surface area contributed by atoms with Crippen LogP contribution >= 0.6 is 11.8 Å². The molecule has 0 atom stereocenters. The summed E-state index contributed by atoms with van der Waals surface area (Å²) in [6.45, 7) is 6.12. The number of amidine groups is 1. The lowest BCUT2D eigenvalue weighted by molar-refractivity contribution is -0.113. The van der Waals surface area contributed by atoms with Crippen LogP contribution in [0.5, 0.6) is 5.75 Å². The number of aliphatic imine (C=N–C) groups is 1. The van der Waals surface area contributed by atoms with Gasteiger partial charge in [0.25, 0.3) is 5.91 Å². The molecular formula is C19H22N2O2S. The maximum absolute atomic E-state index is 12.2. The molecule has 2 aliphatic rings. The fourth-order valence-corrected chi connectivity index (χ4v) is 3.73. The van der Waals surface area contributed by atoms with Crippen molar-refractivity contribution >= 4 is 28.9 Å². The summed E-state index contributed by atoms with van der Waals surface area (Å²) in [5.74, 6) is 0.662. The lowest BCUT2D eigenvalue weighted by atomic mass is 10.2. The Morgan fingerprint density at radius 1 is 1.17 bits per heavy atom. The van der Waals surface area contributed by atoms with Crippen LogP contribution in [0.4, 0.5) is 0 Å². The highest BCUT2D eigenvalue weighted by Gasteiger charge is 2.26. The minimum Gasteiger partial charge on any atom is -0.490 e. The Morgan fingerprint density at radius 2 is 1.88 bits per heavy atom. The van der Waals surface area contributed by atoms with E-state index in [2.05, 4.69) is 16.5 Å². The molecule has 0 aromatic heterocycles. The van der Waals surface area contributed by atoms with E-state index >= 15 is 0 Å². The van der Waals surface area contributed by atoms with Crippen LogP contribution in [-0.2, 0) is 4.79 Å². The molecule has 1 saturated heterocycles. The van der Waals surface area contributed by atoms with Gasteiger partial charge in [0, 0.05) is 13.1 Å². The number of amides is 1. The van der Waals surface area contributed by atoms with Crippen molar-refractivity contribution in [3.8, 4) is 5.75 Å². The van der Waals surface area contributed by atoms with Gasteiger partial charge in [-0.15, -0.1) is 0 Å². The number of hydrogen-bond acceptors (Lipinski definition) is 4. The second-order valence-corrected chi connectivity index (χ2v) is 6.89. The van der Waals surface area contributed by atoms with Gasteiger partial charge in [-0.05, 0) is 48.4 Å². The third kappa shape index (κ3) is 4.29. The summed E-state index contributed by atoms with van der Waals surface area (Å²) < 4.78 is 5.47. The highest BCUT2D eigenvalue weighted by molar-refractivity contribution is 8.18. The first-order chi connectivity index (χ1) is 11.8. The molecule has 0 unspecified atom stereocenters. The molecule has 3 rings (SSSR count). The van der Waals surface area contributed by atoms with Crippen LogP contribution in [0.1, 0.15) is 31.2 Å². The van der Waals surface area contributed by atoms with E-state index in [0.29, 0.717) is 11.5 Å². The Morgan fingerprint density at radius 3 is 2.54 bits per heavy atom. The van der Waals surface area contributed by atoms with E-state index in [1.165, 1.54) is 37.4 Å². The molecule has 0 saturated carbocycles. The van der Waals surface area contributed by atoms with Crippen molar-refractivity contribution in [3.05, 3.63) is 47.4 Å². The highest BCUT2D eigenvalue weighted by atomic mass is 32.2. The van der Waals surface area contributed by atoms with Crippen molar-refractivity contribution in [3.63, 3.8) is 0 Å². The largest absolute Gasteiger partial charge is 0.490 e. The number of benzene rings is 1. The number of likely N-dealkylation sites (tertiary alicyclic amines) is 1. The number of nitrogens with zero attached hydrogens (tertiary/aromatic N) is 2. The second-order valence-electron chi connectivity index (χ2n) is 5.88. The Kier molecular flexibility index (Phi) is 5.75. The zero-order valence-corrected chi connectivity index (χ0v) is 14.6. The minimum atomic E-state index is -0.133. The first-order valence-corrected chi connectivity index (χ1v) is 9.19. The SMILES string of the molecule is C=CCOc1ccc(C=C2SC(N3CCCCCC3)=NC2=O)cc1. The monoisotopic (exact) mass is 342 g/mol. The number of ether oxygens (including phenoxy) is 1. The molecule has 2 aliphatic heterocycles. The average molecular weight is 342 g/mol. The first-order valence-electron chi connectivity index (χ1n) is 8.37. The third-order valence-electron chi connectivity index (χ3n) is 4.03. The lowest BCUT2D eigenvalue weighted by Gasteiger charge is -2.20. The summed E-state index contributed by atoms with van der Waals surface area (Å²) in [5, 5.41) is 0.860. The van der Waals surface area contributed by atoms with Gasteiger partial charge in [0.15, 0.2) is 5.17 Å². The molecule has 1 aromatic carbocycles. The maximum atomic E-state index is 12.2. The maximum Gasteiger partial charge on any atom is 0.286 e. The molecule has 5 heteroatoms. The lowest BCUT2D eigenvalue weighted by Crippen LogP contribution is -2.28. The van der Waals surface area contributed by atoms with E-state index in [1.807, 2.05) is 30.3 Å². The van der Waals surface area contributed by atoms with Gasteiger partial charge in [0.1, 0.15) is 12.4 Å². The van der Waals surface area contributed by atoms with Gasteiger partial charge in [0.2, 0.25) is 0 Å². The first kappa shape index (κ1) is 16.8. The van der Waals surface area contributed by atoms with Gasteiger partial charge in [-0.3, -0.25) is 4.79 Å². The molecule has 24 heavy (non-hydrogen) atoms. The standard InChI is InChI=1S/C19H22N2O2S/c1-2-13-23-16-9-7-15(8-10-16)14-17-18(22)20-19(24-17)21-11-5-3-4-6-12-21/h2,7-10,14H,1,3-6,11-13H2. The van der Waals surface area contributed by atoms with Crippen LogP contribution in [0.2, 0.25) is 0 Å². The van der Waals surface area contributed by atoms with Crippen LogP contribution in [0.25, 0.3) is 6.08 Å². The summed E-state index contributed by atoms with van der Waals surface area (Å²) in [4.78, 5) is 19.4. The van der Waals surface area contributed by atoms with E-state index in [1.54, 1.807) is 6.08 Å². The van der Waals surface area contributed by atoms with Crippen LogP contribution in [0.15, 0.2) is 46.8 Å². The molecule has 0 aliphatic carbocycles. The Hall–Kier alpha value is -2.01. The molecule has 0 N–H and O–H groups in total. The van der Waals surface area contributed by atoms with Crippen LogP contribution in [0, 0.1) is 0 Å². The van der Waals surface area contributed by atoms with Gasteiger partial charge < -0.3 is 9.64 Å². The molecule has 0 spiro atoms. The summed E-state index contributed by atoms with van der Waals surface area (Å²) in [6, 6.07) is 7.69. The molecule has 1 amide bonds. The summed E-state index contributed by atoms with van der Waals surface area (Å²) in [7, 11) is 0. The van der Waals surface area contributed by atoms with Crippen molar-refractivity contribution < 1.29 is 9.53 Å². The van der Waals surface area contributed by atoms with Gasteiger partial charge in [-0.1, -0.05) is 37.6 Å². The number of thioether (sulfide) groups is 1. The summed E-state index contributed by atoms with van der Waals surface area (Å²) in [6.07, 6.45) is 8.51. The molecule has 0 radical (unpaired) electrons. The van der Waals surface area contributed by atoms with E-state index in [4.69, 9.17) is 4.74 Å². The van der Waals surface area contributed by atoms with E-state index < -0.39 is 0 Å². The molecule has 2 heterocycles. The smallest absolute Gasteiger partial charge is 0.286 e. The number of carbonyl (C=O) groups is 1. The molecular weight excluding hydrogens is 320 g/mol. The van der Waals surface area contributed by atoms with Crippen molar-refractivity contribution in [2.24, 2.45) is 4.99 Å². The number of hydrogen-bond donors (Lipinski definition) is 0. The normalized spacial score (nSPS) is 20.0. The van der Waals surface area contributed by atoms with Gasteiger partial charge in [-0.2, -0.15) is 4.99 Å². The fourth-order valence-electron chi connectivity index (χ4n) is 2.76. The predicted molar refractivity (Wildman–Crippen MR) is 100 cm³/mol. The highest BCUT2D eigenvalue weighted by Crippen LogP contribution is 2.31. The van der Waals surface area contributed by atoms with Gasteiger partial charge >= 0.3 is 0 Å². The van der Waals surface area contributed by atoms with Gasteiger partial charge in [0.05, 0.1) is 4.91 Å². The Labute approximate surface area is 147 Å². The van der Waals surface area contributed by atoms with E-state index in [0.717, 1.165) is 29.6 Å². The number of carbonyl (C=O) groups excluding carboxylic acids is 1. The quantitative estimate of drug-likeness (QED) is 0.610. The van der Waals surface area contributed by atoms with Crippen molar-refractivity contribution in [2.75, 3.05) is 19.7 Å². The average Bonchev–Trinajstić information content (AvgIpc) is 2.80. The van der Waals surface area contributed by atoms with Crippen molar-refractivity contribution in [1.82, 2.24) is 4.90 Å². The molecule has 0 bridgehead atoms. The van der Waals surface area contributed by atoms with Crippen molar-refractivity contribution in [2.45, 2.75) is 25.7 Å². The van der Waals surface area contributed by atoms with Crippen LogP contribution < -0.4 is 4.74 Å². The third-order valence-corrected chi connectivity index (χ3v) is 5.08. The Balaban J connectivity index is 1.66. The van der Waals surface area contributed by atoms with Gasteiger partial charge in [-0.25, -0.2) is 0 Å². The zero-order chi connectivity index (χ0) is 16.8. The van der Waals surface area contributed by atoms with E-state index in [-0.39, 0.29) is 5.91 Å². The summed E-state index contributed by atoms with van der Waals surface area (Å²) in [5.41, 5.74) is 0.976.